The molecule has 1 aromatic heterocycles. The Bertz CT molecular complexity index is 798. The zero-order valence-corrected chi connectivity index (χ0v) is 14.0. The number of aromatic nitrogens is 1. The molecule has 0 N–H and O–H groups in total. The quantitative estimate of drug-likeness (QED) is 0.622. The molecule has 0 spiro atoms. The van der Waals surface area contributed by atoms with Gasteiger partial charge in [-0.2, -0.15) is 0 Å². The number of amides is 1. The van der Waals surface area contributed by atoms with E-state index in [1.807, 2.05) is 18.2 Å². The van der Waals surface area contributed by atoms with Crippen molar-refractivity contribution in [1.82, 2.24) is 9.88 Å². The van der Waals surface area contributed by atoms with Gasteiger partial charge < -0.3 is 14.5 Å². The molecule has 4 rings (SSSR count). The Labute approximate surface area is 150 Å². The van der Waals surface area contributed by atoms with Gasteiger partial charge in [-0.1, -0.05) is 6.07 Å². The zero-order chi connectivity index (χ0) is 18.1. The van der Waals surface area contributed by atoms with Crippen LogP contribution in [0.1, 0.15) is 0 Å². The number of non-ortho nitro benzene ring substituents is 1. The smallest absolute Gasteiger partial charge is 0.410 e. The molecule has 0 radical (unpaired) electrons. The average Bonchev–Trinajstić information content (AvgIpc) is 3.22. The molecule has 2 fully saturated rings. The minimum Gasteiger partial charge on any atom is -0.410 e. The molecule has 8 heteroatoms. The van der Waals surface area contributed by atoms with Crippen molar-refractivity contribution >= 4 is 17.6 Å². The molecule has 1 amide bonds. The van der Waals surface area contributed by atoms with Gasteiger partial charge in [0.05, 0.1) is 4.92 Å². The Morgan fingerprint density at radius 3 is 2.35 bits per heavy atom. The van der Waals surface area contributed by atoms with Gasteiger partial charge in [-0.25, -0.2) is 9.78 Å². The van der Waals surface area contributed by atoms with Gasteiger partial charge in [0.15, 0.2) is 0 Å². The highest BCUT2D eigenvalue weighted by Crippen LogP contribution is 2.33. The lowest BCUT2D eigenvalue weighted by Gasteiger charge is -2.22. The lowest BCUT2D eigenvalue weighted by Crippen LogP contribution is -2.35. The van der Waals surface area contributed by atoms with Crippen LogP contribution >= 0.6 is 0 Å². The van der Waals surface area contributed by atoms with Crippen LogP contribution in [0.3, 0.4) is 0 Å². The molecule has 2 saturated heterocycles. The van der Waals surface area contributed by atoms with Crippen LogP contribution in [-0.4, -0.2) is 47.1 Å². The van der Waals surface area contributed by atoms with Crippen molar-refractivity contribution in [1.29, 1.82) is 0 Å². The first kappa shape index (κ1) is 16.3. The normalized spacial score (nSPS) is 21.5. The summed E-state index contributed by atoms with van der Waals surface area (Å²) in [5.41, 5.74) is -0.0323. The number of benzene rings is 1. The zero-order valence-electron chi connectivity index (χ0n) is 14.0. The Morgan fingerprint density at radius 2 is 1.77 bits per heavy atom. The molecule has 0 bridgehead atoms. The van der Waals surface area contributed by atoms with Crippen LogP contribution in [0.2, 0.25) is 0 Å². The maximum atomic E-state index is 12.4. The van der Waals surface area contributed by atoms with Gasteiger partial charge in [0.25, 0.3) is 5.69 Å². The molecule has 0 aliphatic carbocycles. The SMILES string of the molecule is O=C(Oc1ccc([N+](=O)[O-])cc1)N1C[C@@H]2CN(c3ccccn3)C[C@@H]2C1. The van der Waals surface area contributed by atoms with Crippen LogP contribution in [0.4, 0.5) is 16.3 Å². The van der Waals surface area contributed by atoms with E-state index in [4.69, 9.17) is 4.74 Å². The third kappa shape index (κ3) is 3.17. The molecule has 134 valence electrons. The number of carbonyl (C=O) groups is 1. The number of ether oxygens (including phenoxy) is 1. The fourth-order valence-corrected chi connectivity index (χ4v) is 3.67. The number of nitro benzene ring substituents is 1. The van der Waals surface area contributed by atoms with Gasteiger partial charge in [0, 0.05) is 56.3 Å². The molecular weight excluding hydrogens is 336 g/mol. The Balaban J connectivity index is 1.34. The third-order valence-electron chi connectivity index (χ3n) is 4.97. The van der Waals surface area contributed by atoms with Gasteiger partial charge >= 0.3 is 6.09 Å². The minimum atomic E-state index is -0.486. The number of hydrogen-bond acceptors (Lipinski definition) is 6. The van der Waals surface area contributed by atoms with Crippen molar-refractivity contribution < 1.29 is 14.5 Å². The number of pyridine rings is 1. The summed E-state index contributed by atoms with van der Waals surface area (Å²) < 4.78 is 5.35. The molecular formula is C18H18N4O4. The van der Waals surface area contributed by atoms with E-state index in [-0.39, 0.29) is 5.69 Å². The Hall–Kier alpha value is -3.16. The predicted molar refractivity (Wildman–Crippen MR) is 94.1 cm³/mol. The predicted octanol–water partition coefficient (Wildman–Crippen LogP) is 2.56. The van der Waals surface area contributed by atoms with E-state index < -0.39 is 11.0 Å². The van der Waals surface area contributed by atoms with Crippen molar-refractivity contribution in [3.8, 4) is 5.75 Å². The standard InChI is InChI=1S/C18H18N4O4/c23-18(26-16-6-4-15(5-7-16)22(24)25)21-11-13-9-20(10-14(13)12-21)17-3-1-2-8-19-17/h1-8,13-14H,9-12H2/t13-,14+. The highest BCUT2D eigenvalue weighted by molar-refractivity contribution is 5.71. The topological polar surface area (TPSA) is 88.8 Å². The fraction of sp³-hybridized carbons (Fsp3) is 0.333. The first-order valence-electron chi connectivity index (χ1n) is 8.47. The number of rotatable bonds is 3. The molecule has 2 atom stereocenters. The maximum absolute atomic E-state index is 12.4. The first-order chi connectivity index (χ1) is 12.6. The highest BCUT2D eigenvalue weighted by Gasteiger charge is 2.42. The molecule has 0 saturated carbocycles. The van der Waals surface area contributed by atoms with Crippen molar-refractivity contribution in [2.24, 2.45) is 11.8 Å². The van der Waals surface area contributed by atoms with Crippen molar-refractivity contribution in [2.45, 2.75) is 0 Å². The van der Waals surface area contributed by atoms with E-state index in [9.17, 15) is 14.9 Å². The first-order valence-corrected chi connectivity index (χ1v) is 8.47. The number of anilines is 1. The van der Waals surface area contributed by atoms with Gasteiger partial charge in [0.1, 0.15) is 11.6 Å². The summed E-state index contributed by atoms with van der Waals surface area (Å²) in [5, 5.41) is 10.7. The number of carbonyl (C=O) groups excluding carboxylic acids is 1. The number of nitrogens with zero attached hydrogens (tertiary/aromatic N) is 4. The lowest BCUT2D eigenvalue weighted by molar-refractivity contribution is -0.384. The van der Waals surface area contributed by atoms with E-state index >= 15 is 0 Å². The van der Waals surface area contributed by atoms with Crippen LogP contribution < -0.4 is 9.64 Å². The molecule has 2 aliphatic heterocycles. The second-order valence-electron chi connectivity index (χ2n) is 6.64. The molecule has 3 heterocycles. The summed E-state index contributed by atoms with van der Waals surface area (Å²) in [6.07, 6.45) is 1.38. The van der Waals surface area contributed by atoms with Gasteiger partial charge in [-0.15, -0.1) is 0 Å². The van der Waals surface area contributed by atoms with Gasteiger partial charge in [-0.3, -0.25) is 10.1 Å². The van der Waals surface area contributed by atoms with Crippen LogP contribution in [0.25, 0.3) is 0 Å². The third-order valence-corrected chi connectivity index (χ3v) is 4.97. The monoisotopic (exact) mass is 354 g/mol. The second kappa shape index (κ2) is 6.62. The summed E-state index contributed by atoms with van der Waals surface area (Å²) in [4.78, 5) is 30.9. The fourth-order valence-electron chi connectivity index (χ4n) is 3.67. The Morgan fingerprint density at radius 1 is 1.08 bits per heavy atom. The number of fused-ring (bicyclic) bond motifs is 1. The molecule has 26 heavy (non-hydrogen) atoms. The largest absolute Gasteiger partial charge is 0.415 e. The molecule has 8 nitrogen and oxygen atoms in total. The number of hydrogen-bond donors (Lipinski definition) is 0. The van der Waals surface area contributed by atoms with E-state index in [0.29, 0.717) is 30.7 Å². The van der Waals surface area contributed by atoms with Crippen LogP contribution in [0.5, 0.6) is 5.75 Å². The van der Waals surface area contributed by atoms with E-state index in [2.05, 4.69) is 9.88 Å². The van der Waals surface area contributed by atoms with E-state index in [0.717, 1.165) is 18.9 Å². The summed E-state index contributed by atoms with van der Waals surface area (Å²) in [6, 6.07) is 11.4. The molecule has 2 aromatic rings. The van der Waals surface area contributed by atoms with E-state index in [1.165, 1.54) is 24.3 Å². The second-order valence-corrected chi connectivity index (χ2v) is 6.64. The summed E-state index contributed by atoms with van der Waals surface area (Å²) >= 11 is 0. The average molecular weight is 354 g/mol. The van der Waals surface area contributed by atoms with Crippen LogP contribution in [0.15, 0.2) is 48.7 Å². The van der Waals surface area contributed by atoms with Crippen LogP contribution in [-0.2, 0) is 0 Å². The van der Waals surface area contributed by atoms with Gasteiger partial charge in [0.2, 0.25) is 0 Å². The highest BCUT2D eigenvalue weighted by atomic mass is 16.6. The maximum Gasteiger partial charge on any atom is 0.415 e. The van der Waals surface area contributed by atoms with Crippen LogP contribution in [0, 0.1) is 22.0 Å². The molecule has 2 aliphatic rings. The minimum absolute atomic E-state index is 0.0323. The van der Waals surface area contributed by atoms with E-state index in [1.54, 1.807) is 11.1 Å². The summed E-state index contributed by atoms with van der Waals surface area (Å²) in [6.45, 7) is 3.06. The number of nitro groups is 1. The lowest BCUT2D eigenvalue weighted by atomic mass is 10.0. The summed E-state index contributed by atoms with van der Waals surface area (Å²) in [5.74, 6) is 2.09. The number of likely N-dealkylation sites (tertiary alicyclic amines) is 1. The van der Waals surface area contributed by atoms with Crippen molar-refractivity contribution in [2.75, 3.05) is 31.1 Å². The summed E-state index contributed by atoms with van der Waals surface area (Å²) in [7, 11) is 0. The van der Waals surface area contributed by atoms with Crippen molar-refractivity contribution in [3.63, 3.8) is 0 Å². The molecule has 1 aromatic carbocycles. The molecule has 0 unspecified atom stereocenters. The van der Waals surface area contributed by atoms with Crippen molar-refractivity contribution in [3.05, 3.63) is 58.8 Å². The Kier molecular flexibility index (Phi) is 4.16. The van der Waals surface area contributed by atoms with Gasteiger partial charge in [-0.05, 0) is 24.3 Å².